The standard InChI is InChI=1S/C21H21N3O3/c1-14(2)24(13-15-3-6-19-20(11-15)27-10-9-26-19)21(25)16-4-5-17-18(12-16)23-8-7-22-17/h3-8,11-12,14H,9-10,13H2,1-2H3. The highest BCUT2D eigenvalue weighted by atomic mass is 16.6. The van der Waals surface area contributed by atoms with Crippen LogP contribution in [0.25, 0.3) is 11.0 Å². The van der Waals surface area contributed by atoms with Crippen molar-refractivity contribution in [2.24, 2.45) is 0 Å². The third-order valence-corrected chi connectivity index (χ3v) is 4.56. The minimum atomic E-state index is -0.0348. The average Bonchev–Trinajstić information content (AvgIpc) is 2.70. The second kappa shape index (κ2) is 7.23. The number of fused-ring (bicyclic) bond motifs is 2. The maximum atomic E-state index is 13.1. The molecule has 0 spiro atoms. The molecule has 1 aliphatic heterocycles. The number of aromatic nitrogens is 2. The smallest absolute Gasteiger partial charge is 0.254 e. The summed E-state index contributed by atoms with van der Waals surface area (Å²) < 4.78 is 11.2. The Morgan fingerprint density at radius 3 is 2.52 bits per heavy atom. The van der Waals surface area contributed by atoms with E-state index in [0.717, 1.165) is 22.6 Å². The molecule has 0 N–H and O–H groups in total. The van der Waals surface area contributed by atoms with Crippen LogP contribution in [0.15, 0.2) is 48.8 Å². The summed E-state index contributed by atoms with van der Waals surface area (Å²) >= 11 is 0. The molecule has 1 aromatic heterocycles. The molecule has 1 amide bonds. The van der Waals surface area contributed by atoms with E-state index >= 15 is 0 Å². The van der Waals surface area contributed by atoms with Crippen molar-refractivity contribution >= 4 is 16.9 Å². The van der Waals surface area contributed by atoms with Gasteiger partial charge in [-0.3, -0.25) is 14.8 Å². The second-order valence-corrected chi connectivity index (χ2v) is 6.76. The van der Waals surface area contributed by atoms with E-state index in [0.29, 0.717) is 30.8 Å². The maximum absolute atomic E-state index is 13.1. The van der Waals surface area contributed by atoms with Crippen LogP contribution >= 0.6 is 0 Å². The number of carbonyl (C=O) groups is 1. The quantitative estimate of drug-likeness (QED) is 0.710. The lowest BCUT2D eigenvalue weighted by atomic mass is 10.1. The first-order chi connectivity index (χ1) is 13.1. The summed E-state index contributed by atoms with van der Waals surface area (Å²) in [6.45, 7) is 5.62. The number of carbonyl (C=O) groups excluding carboxylic acids is 1. The molecule has 138 valence electrons. The van der Waals surface area contributed by atoms with Crippen molar-refractivity contribution in [3.63, 3.8) is 0 Å². The minimum Gasteiger partial charge on any atom is -0.486 e. The number of ether oxygens (including phenoxy) is 2. The monoisotopic (exact) mass is 363 g/mol. The Morgan fingerprint density at radius 1 is 1.00 bits per heavy atom. The molecular weight excluding hydrogens is 342 g/mol. The van der Waals surface area contributed by atoms with Crippen LogP contribution in [-0.4, -0.2) is 40.0 Å². The summed E-state index contributed by atoms with van der Waals surface area (Å²) in [5, 5.41) is 0. The summed E-state index contributed by atoms with van der Waals surface area (Å²) in [4.78, 5) is 23.5. The number of benzene rings is 2. The minimum absolute atomic E-state index is 0.0348. The first-order valence-corrected chi connectivity index (χ1v) is 9.02. The van der Waals surface area contributed by atoms with Crippen LogP contribution in [0.3, 0.4) is 0 Å². The Labute approximate surface area is 157 Å². The van der Waals surface area contributed by atoms with Gasteiger partial charge >= 0.3 is 0 Å². The fourth-order valence-electron chi connectivity index (χ4n) is 3.13. The van der Waals surface area contributed by atoms with Gasteiger partial charge in [-0.05, 0) is 49.7 Å². The van der Waals surface area contributed by atoms with Crippen LogP contribution in [-0.2, 0) is 6.54 Å². The van der Waals surface area contributed by atoms with Crippen molar-refractivity contribution in [3.8, 4) is 11.5 Å². The second-order valence-electron chi connectivity index (χ2n) is 6.76. The summed E-state index contributed by atoms with van der Waals surface area (Å²) in [7, 11) is 0. The van der Waals surface area contributed by atoms with Gasteiger partial charge in [0.25, 0.3) is 5.91 Å². The number of nitrogens with zero attached hydrogens (tertiary/aromatic N) is 3. The summed E-state index contributed by atoms with van der Waals surface area (Å²) in [6, 6.07) is 11.3. The third kappa shape index (κ3) is 3.56. The fraction of sp³-hybridized carbons (Fsp3) is 0.286. The lowest BCUT2D eigenvalue weighted by Crippen LogP contribution is -2.36. The molecule has 0 saturated carbocycles. The predicted octanol–water partition coefficient (Wildman–Crippen LogP) is 3.45. The average molecular weight is 363 g/mol. The Bertz CT molecular complexity index is 987. The molecule has 0 saturated heterocycles. The van der Waals surface area contributed by atoms with Gasteiger partial charge < -0.3 is 14.4 Å². The van der Waals surface area contributed by atoms with Crippen LogP contribution in [0.1, 0.15) is 29.8 Å². The van der Waals surface area contributed by atoms with E-state index in [1.165, 1.54) is 0 Å². The van der Waals surface area contributed by atoms with E-state index in [4.69, 9.17) is 9.47 Å². The van der Waals surface area contributed by atoms with Crippen LogP contribution in [0.5, 0.6) is 11.5 Å². The highest BCUT2D eigenvalue weighted by Crippen LogP contribution is 2.31. The normalized spacial score (nSPS) is 13.0. The highest BCUT2D eigenvalue weighted by Gasteiger charge is 2.21. The van der Waals surface area contributed by atoms with Gasteiger partial charge in [-0.1, -0.05) is 6.07 Å². The van der Waals surface area contributed by atoms with E-state index in [2.05, 4.69) is 9.97 Å². The van der Waals surface area contributed by atoms with E-state index in [-0.39, 0.29) is 11.9 Å². The van der Waals surface area contributed by atoms with Gasteiger partial charge in [0.2, 0.25) is 0 Å². The maximum Gasteiger partial charge on any atom is 0.254 e. The first kappa shape index (κ1) is 17.3. The van der Waals surface area contributed by atoms with Gasteiger partial charge in [-0.15, -0.1) is 0 Å². The third-order valence-electron chi connectivity index (χ3n) is 4.56. The van der Waals surface area contributed by atoms with Crippen LogP contribution in [0, 0.1) is 0 Å². The SMILES string of the molecule is CC(C)N(Cc1ccc2c(c1)OCCO2)C(=O)c1ccc2nccnc2c1. The molecule has 6 nitrogen and oxygen atoms in total. The summed E-state index contributed by atoms with van der Waals surface area (Å²) in [5.74, 6) is 1.45. The molecule has 27 heavy (non-hydrogen) atoms. The Morgan fingerprint density at radius 2 is 1.74 bits per heavy atom. The van der Waals surface area contributed by atoms with Crippen molar-refractivity contribution in [2.75, 3.05) is 13.2 Å². The van der Waals surface area contributed by atoms with Gasteiger partial charge in [0.15, 0.2) is 11.5 Å². The molecule has 0 unspecified atom stereocenters. The summed E-state index contributed by atoms with van der Waals surface area (Å²) in [5.41, 5.74) is 3.10. The van der Waals surface area contributed by atoms with Crippen LogP contribution < -0.4 is 9.47 Å². The molecule has 1 aliphatic rings. The van der Waals surface area contributed by atoms with E-state index in [1.54, 1.807) is 24.5 Å². The lowest BCUT2D eigenvalue weighted by molar-refractivity contribution is 0.0690. The van der Waals surface area contributed by atoms with Crippen molar-refractivity contribution < 1.29 is 14.3 Å². The van der Waals surface area contributed by atoms with Crippen LogP contribution in [0.4, 0.5) is 0 Å². The molecule has 6 heteroatoms. The molecule has 3 aromatic rings. The highest BCUT2D eigenvalue weighted by molar-refractivity contribution is 5.97. The lowest BCUT2D eigenvalue weighted by Gasteiger charge is -2.28. The van der Waals surface area contributed by atoms with Crippen LogP contribution in [0.2, 0.25) is 0 Å². The molecule has 0 radical (unpaired) electrons. The molecule has 0 aliphatic carbocycles. The topological polar surface area (TPSA) is 64.6 Å². The van der Waals surface area contributed by atoms with Crippen molar-refractivity contribution in [1.82, 2.24) is 14.9 Å². The molecule has 0 atom stereocenters. The Hall–Kier alpha value is -3.15. The van der Waals surface area contributed by atoms with Crippen molar-refractivity contribution in [1.29, 1.82) is 0 Å². The first-order valence-electron chi connectivity index (χ1n) is 9.02. The Balaban J connectivity index is 1.60. The van der Waals surface area contributed by atoms with Gasteiger partial charge in [0, 0.05) is 30.5 Å². The number of hydrogen-bond donors (Lipinski definition) is 0. The van der Waals surface area contributed by atoms with E-state index < -0.39 is 0 Å². The molecule has 4 rings (SSSR count). The number of amides is 1. The van der Waals surface area contributed by atoms with Gasteiger partial charge in [0.05, 0.1) is 11.0 Å². The Kier molecular flexibility index (Phi) is 4.62. The van der Waals surface area contributed by atoms with Gasteiger partial charge in [0.1, 0.15) is 13.2 Å². The molecule has 0 bridgehead atoms. The number of rotatable bonds is 4. The zero-order chi connectivity index (χ0) is 18.8. The number of hydrogen-bond acceptors (Lipinski definition) is 5. The fourth-order valence-corrected chi connectivity index (χ4v) is 3.13. The molecule has 2 aromatic carbocycles. The van der Waals surface area contributed by atoms with E-state index in [9.17, 15) is 4.79 Å². The van der Waals surface area contributed by atoms with E-state index in [1.807, 2.05) is 43.0 Å². The zero-order valence-corrected chi connectivity index (χ0v) is 15.4. The molecule has 2 heterocycles. The zero-order valence-electron chi connectivity index (χ0n) is 15.4. The van der Waals surface area contributed by atoms with Gasteiger partial charge in [-0.25, -0.2) is 0 Å². The molecular formula is C21H21N3O3. The summed E-state index contributed by atoms with van der Waals surface area (Å²) in [6.07, 6.45) is 3.28. The van der Waals surface area contributed by atoms with Crippen molar-refractivity contribution in [3.05, 3.63) is 59.9 Å². The predicted molar refractivity (Wildman–Crippen MR) is 102 cm³/mol. The molecule has 0 fully saturated rings. The van der Waals surface area contributed by atoms with Gasteiger partial charge in [-0.2, -0.15) is 0 Å². The largest absolute Gasteiger partial charge is 0.486 e. The van der Waals surface area contributed by atoms with Crippen molar-refractivity contribution in [2.45, 2.75) is 26.4 Å².